The van der Waals surface area contributed by atoms with Crippen LogP contribution >= 0.6 is 0 Å². The van der Waals surface area contributed by atoms with Gasteiger partial charge >= 0.3 is 0 Å². The molecule has 0 aliphatic carbocycles. The molecule has 1 amide bonds. The van der Waals surface area contributed by atoms with Crippen molar-refractivity contribution >= 4 is 5.91 Å². The molecule has 0 aliphatic heterocycles. The van der Waals surface area contributed by atoms with Crippen LogP contribution in [0.2, 0.25) is 0 Å². The van der Waals surface area contributed by atoms with Crippen molar-refractivity contribution < 1.29 is 4.79 Å². The molecule has 0 spiro atoms. The molecule has 0 heterocycles. The minimum Gasteiger partial charge on any atom is -0.342 e. The van der Waals surface area contributed by atoms with Crippen LogP contribution in [0.1, 0.15) is 6.92 Å². The Balaban J connectivity index is 3.47. The van der Waals surface area contributed by atoms with E-state index < -0.39 is 0 Å². The van der Waals surface area contributed by atoms with Crippen molar-refractivity contribution in [2.75, 3.05) is 13.1 Å². The number of amides is 1. The minimum atomic E-state index is -0.223. The number of nitrogens with one attached hydrogen (secondary N) is 2. The molecule has 64 valence electrons. The molecule has 4 heteroatoms. The predicted molar refractivity (Wildman–Crippen MR) is 44.9 cm³/mol. The highest BCUT2D eigenvalue weighted by atomic mass is 16.1. The summed E-state index contributed by atoms with van der Waals surface area (Å²) in [5.41, 5.74) is 0. The average molecular weight is 165 g/mol. The average Bonchev–Trinajstić information content (AvgIpc) is 2.10. The van der Waals surface area contributed by atoms with Gasteiger partial charge in [0.05, 0.1) is 18.7 Å². The Bertz CT molecular complexity index is 223. The van der Waals surface area contributed by atoms with E-state index >= 15 is 0 Å². The Morgan fingerprint density at radius 2 is 2.42 bits per heavy atom. The molecule has 0 aromatic carbocycles. The number of rotatable bonds is 4. The maximum Gasteiger partial charge on any atom is 0.234 e. The van der Waals surface area contributed by atoms with E-state index in [9.17, 15) is 4.79 Å². The molecule has 4 nitrogen and oxygen atoms in total. The largest absolute Gasteiger partial charge is 0.342 e. The number of nitriles is 1. The van der Waals surface area contributed by atoms with Crippen LogP contribution in [0.5, 0.6) is 0 Å². The zero-order valence-electron chi connectivity index (χ0n) is 6.92. The predicted octanol–water partition coefficient (Wildman–Crippen LogP) is -0.763. The van der Waals surface area contributed by atoms with Crippen LogP contribution in [-0.4, -0.2) is 25.0 Å². The van der Waals surface area contributed by atoms with Gasteiger partial charge in [-0.15, -0.1) is 6.42 Å². The van der Waals surface area contributed by atoms with Crippen LogP contribution in [0.4, 0.5) is 0 Å². The summed E-state index contributed by atoms with van der Waals surface area (Å²) >= 11 is 0. The monoisotopic (exact) mass is 165 g/mol. The standard InChI is InChI=1S/C8H11N3O/c1-3-7(2)11-6-8(12)10-5-4-9/h1,7,11H,5-6H2,2H3,(H,10,12). The molecule has 0 aromatic heterocycles. The normalized spacial score (nSPS) is 10.9. The Hall–Kier alpha value is -1.52. The summed E-state index contributed by atoms with van der Waals surface area (Å²) in [6, 6.07) is 1.67. The zero-order chi connectivity index (χ0) is 9.40. The third-order valence-electron chi connectivity index (χ3n) is 1.18. The smallest absolute Gasteiger partial charge is 0.234 e. The van der Waals surface area contributed by atoms with Crippen LogP contribution < -0.4 is 10.6 Å². The van der Waals surface area contributed by atoms with E-state index in [0.29, 0.717) is 0 Å². The summed E-state index contributed by atoms with van der Waals surface area (Å²) < 4.78 is 0. The van der Waals surface area contributed by atoms with Gasteiger partial charge in [0.25, 0.3) is 0 Å². The van der Waals surface area contributed by atoms with Gasteiger partial charge in [-0.2, -0.15) is 5.26 Å². The van der Waals surface area contributed by atoms with E-state index in [0.717, 1.165) is 0 Å². The number of nitrogens with zero attached hydrogens (tertiary/aromatic N) is 1. The van der Waals surface area contributed by atoms with Gasteiger partial charge in [-0.1, -0.05) is 5.92 Å². The van der Waals surface area contributed by atoms with E-state index in [4.69, 9.17) is 11.7 Å². The molecule has 12 heavy (non-hydrogen) atoms. The van der Waals surface area contributed by atoms with Gasteiger partial charge in [0.1, 0.15) is 6.54 Å². The first-order valence-corrected chi connectivity index (χ1v) is 3.54. The molecule has 2 N–H and O–H groups in total. The first kappa shape index (κ1) is 10.5. The Morgan fingerprint density at radius 1 is 1.75 bits per heavy atom. The van der Waals surface area contributed by atoms with Gasteiger partial charge in [0, 0.05) is 0 Å². The lowest BCUT2D eigenvalue weighted by Crippen LogP contribution is -2.37. The third-order valence-corrected chi connectivity index (χ3v) is 1.18. The van der Waals surface area contributed by atoms with Crippen molar-refractivity contribution in [1.29, 1.82) is 5.26 Å². The molecule has 0 radical (unpaired) electrons. The number of carbonyl (C=O) groups excluding carboxylic acids is 1. The summed E-state index contributed by atoms with van der Waals surface area (Å²) in [6.07, 6.45) is 5.06. The van der Waals surface area contributed by atoms with E-state index in [1.165, 1.54) is 0 Å². The molecule has 0 fully saturated rings. The maximum atomic E-state index is 10.8. The van der Waals surface area contributed by atoms with Crippen LogP contribution in [0.15, 0.2) is 0 Å². The summed E-state index contributed by atoms with van der Waals surface area (Å²) in [7, 11) is 0. The molecule has 0 saturated heterocycles. The molecule has 0 saturated carbocycles. The molecule has 1 unspecified atom stereocenters. The number of carbonyl (C=O) groups is 1. The van der Waals surface area contributed by atoms with Gasteiger partial charge in [-0.25, -0.2) is 0 Å². The first-order valence-electron chi connectivity index (χ1n) is 3.54. The number of hydrogen-bond acceptors (Lipinski definition) is 3. The van der Waals surface area contributed by atoms with Crippen LogP contribution in [0.25, 0.3) is 0 Å². The fourth-order valence-corrected chi connectivity index (χ4v) is 0.505. The number of hydrogen-bond donors (Lipinski definition) is 2. The number of terminal acetylenes is 1. The van der Waals surface area contributed by atoms with Gasteiger partial charge in [-0.3, -0.25) is 10.1 Å². The van der Waals surface area contributed by atoms with Crippen molar-refractivity contribution in [3.05, 3.63) is 0 Å². The van der Waals surface area contributed by atoms with E-state index in [1.54, 1.807) is 13.0 Å². The van der Waals surface area contributed by atoms with Crippen LogP contribution in [0, 0.1) is 23.7 Å². The lowest BCUT2D eigenvalue weighted by Gasteiger charge is -2.05. The minimum absolute atomic E-state index is 0.0327. The highest BCUT2D eigenvalue weighted by molar-refractivity contribution is 5.78. The SMILES string of the molecule is C#CC(C)NCC(=O)NCC#N. The summed E-state index contributed by atoms with van der Waals surface area (Å²) in [4.78, 5) is 10.8. The van der Waals surface area contributed by atoms with Gasteiger partial charge in [0.15, 0.2) is 0 Å². The Labute approximate surface area is 71.9 Å². The molecule has 0 aromatic rings. The van der Waals surface area contributed by atoms with Crippen molar-refractivity contribution in [3.8, 4) is 18.4 Å². The van der Waals surface area contributed by atoms with Gasteiger partial charge in [-0.05, 0) is 6.92 Å². The molecule has 0 bridgehead atoms. The maximum absolute atomic E-state index is 10.8. The second-order valence-electron chi connectivity index (χ2n) is 2.20. The summed E-state index contributed by atoms with van der Waals surface area (Å²) in [6.45, 7) is 1.95. The lowest BCUT2D eigenvalue weighted by molar-refractivity contribution is -0.120. The zero-order valence-corrected chi connectivity index (χ0v) is 6.92. The molecule has 1 atom stereocenters. The molecular formula is C8H11N3O. The van der Waals surface area contributed by atoms with Gasteiger partial charge in [0.2, 0.25) is 5.91 Å². The molecule has 0 aliphatic rings. The van der Waals surface area contributed by atoms with Crippen molar-refractivity contribution in [2.45, 2.75) is 13.0 Å². The van der Waals surface area contributed by atoms with E-state index in [2.05, 4.69) is 16.6 Å². The first-order chi connectivity index (χ1) is 5.70. The second-order valence-corrected chi connectivity index (χ2v) is 2.20. The molecule has 0 rings (SSSR count). The van der Waals surface area contributed by atoms with Gasteiger partial charge < -0.3 is 5.32 Å². The fourth-order valence-electron chi connectivity index (χ4n) is 0.505. The van der Waals surface area contributed by atoms with Crippen LogP contribution in [0.3, 0.4) is 0 Å². The topological polar surface area (TPSA) is 64.9 Å². The second kappa shape index (κ2) is 6.21. The van der Waals surface area contributed by atoms with Crippen LogP contribution in [-0.2, 0) is 4.79 Å². The van der Waals surface area contributed by atoms with Crippen molar-refractivity contribution in [1.82, 2.24) is 10.6 Å². The molecular weight excluding hydrogens is 154 g/mol. The van der Waals surface area contributed by atoms with Crippen molar-refractivity contribution in [3.63, 3.8) is 0 Å². The fraction of sp³-hybridized carbons (Fsp3) is 0.500. The summed E-state index contributed by atoms with van der Waals surface area (Å²) in [5, 5.41) is 13.3. The van der Waals surface area contributed by atoms with Crippen molar-refractivity contribution in [2.24, 2.45) is 0 Å². The van der Waals surface area contributed by atoms with E-state index in [-0.39, 0.29) is 25.0 Å². The lowest BCUT2D eigenvalue weighted by atomic mass is 10.3. The Morgan fingerprint density at radius 3 is 2.92 bits per heavy atom. The van der Waals surface area contributed by atoms with E-state index in [1.807, 2.05) is 0 Å². The Kier molecular flexibility index (Phi) is 5.42. The highest BCUT2D eigenvalue weighted by Crippen LogP contribution is 1.74. The highest BCUT2D eigenvalue weighted by Gasteiger charge is 2.00. The quantitative estimate of drug-likeness (QED) is 0.425. The third kappa shape index (κ3) is 5.28. The summed E-state index contributed by atoms with van der Waals surface area (Å²) in [5.74, 6) is 2.20.